The number of unbranched alkanes of at least 4 members (excludes halogenated alkanes) is 5. The molecule has 1 aromatic rings. The van der Waals surface area contributed by atoms with Crippen LogP contribution in [-0.4, -0.2) is 39.4 Å². The zero-order valence-corrected chi connectivity index (χ0v) is 17.7. The fourth-order valence-corrected chi connectivity index (χ4v) is 2.54. The van der Waals surface area contributed by atoms with Gasteiger partial charge in [0.1, 0.15) is 0 Å². The highest BCUT2D eigenvalue weighted by Gasteiger charge is 2.04. The lowest BCUT2D eigenvalue weighted by molar-refractivity contribution is -0.139. The van der Waals surface area contributed by atoms with E-state index < -0.39 is 0 Å². The molecule has 0 aliphatic carbocycles. The number of benzene rings is 1. The van der Waals surface area contributed by atoms with Gasteiger partial charge in [0, 0.05) is 11.6 Å². The zero-order valence-electron chi connectivity index (χ0n) is 17.7. The first-order valence-electron chi connectivity index (χ1n) is 9.87. The second kappa shape index (κ2) is 14.3. The maximum atomic E-state index is 11.8. The van der Waals surface area contributed by atoms with Gasteiger partial charge in [0.2, 0.25) is 0 Å². The average Bonchev–Trinajstić information content (AvgIpc) is 2.72. The summed E-state index contributed by atoms with van der Waals surface area (Å²) in [4.78, 5) is 23.0. The SMILES string of the molecule is C=C(C)C(=O)OCCCCCCCCOC(=O)/C=C/c1ccc(OC)c(OC)c1. The summed E-state index contributed by atoms with van der Waals surface area (Å²) in [5.41, 5.74) is 1.26. The van der Waals surface area contributed by atoms with Gasteiger partial charge in [0.25, 0.3) is 0 Å². The Morgan fingerprint density at radius 2 is 1.48 bits per heavy atom. The second-order valence-electron chi connectivity index (χ2n) is 6.65. The molecule has 1 aromatic carbocycles. The van der Waals surface area contributed by atoms with Gasteiger partial charge >= 0.3 is 11.9 Å². The highest BCUT2D eigenvalue weighted by Crippen LogP contribution is 2.27. The van der Waals surface area contributed by atoms with Crippen LogP contribution in [0.4, 0.5) is 0 Å². The molecule has 6 heteroatoms. The molecule has 6 nitrogen and oxygen atoms in total. The quantitative estimate of drug-likeness (QED) is 0.254. The van der Waals surface area contributed by atoms with Crippen LogP contribution in [0.15, 0.2) is 36.4 Å². The summed E-state index contributed by atoms with van der Waals surface area (Å²) in [5, 5.41) is 0. The molecule has 0 unspecified atom stereocenters. The van der Waals surface area contributed by atoms with Gasteiger partial charge in [-0.25, -0.2) is 9.59 Å². The average molecular weight is 405 g/mol. The summed E-state index contributed by atoms with van der Waals surface area (Å²) >= 11 is 0. The highest BCUT2D eigenvalue weighted by molar-refractivity contribution is 5.87. The van der Waals surface area contributed by atoms with E-state index in [4.69, 9.17) is 18.9 Å². The first-order chi connectivity index (χ1) is 14.0. The Hall–Kier alpha value is -2.76. The number of carbonyl (C=O) groups is 2. The summed E-state index contributed by atoms with van der Waals surface area (Å²) in [6.45, 7) is 6.03. The molecule has 0 radical (unpaired) electrons. The third-order valence-corrected chi connectivity index (χ3v) is 4.18. The Morgan fingerprint density at radius 1 is 0.897 bits per heavy atom. The first kappa shape index (κ1) is 24.3. The van der Waals surface area contributed by atoms with E-state index in [-0.39, 0.29) is 11.9 Å². The minimum Gasteiger partial charge on any atom is -0.493 e. The van der Waals surface area contributed by atoms with E-state index in [0.717, 1.165) is 44.1 Å². The number of ether oxygens (including phenoxy) is 4. The predicted octanol–water partition coefficient (Wildman–Crippen LogP) is 4.72. The lowest BCUT2D eigenvalue weighted by Gasteiger charge is -2.07. The van der Waals surface area contributed by atoms with Gasteiger partial charge in [-0.1, -0.05) is 38.3 Å². The van der Waals surface area contributed by atoms with E-state index in [1.54, 1.807) is 39.4 Å². The number of hydrogen-bond donors (Lipinski definition) is 0. The van der Waals surface area contributed by atoms with Crippen molar-refractivity contribution in [2.75, 3.05) is 27.4 Å². The summed E-state index contributed by atoms with van der Waals surface area (Å²) < 4.78 is 20.7. The van der Waals surface area contributed by atoms with Crippen LogP contribution in [0.3, 0.4) is 0 Å². The summed E-state index contributed by atoms with van der Waals surface area (Å²) in [7, 11) is 3.14. The zero-order chi connectivity index (χ0) is 21.5. The predicted molar refractivity (Wildman–Crippen MR) is 113 cm³/mol. The molecule has 0 N–H and O–H groups in total. The Balaban J connectivity index is 2.10. The second-order valence-corrected chi connectivity index (χ2v) is 6.65. The lowest BCUT2D eigenvalue weighted by Crippen LogP contribution is -2.06. The van der Waals surface area contributed by atoms with Gasteiger partial charge < -0.3 is 18.9 Å². The Labute approximate surface area is 173 Å². The molecule has 0 spiro atoms. The monoisotopic (exact) mass is 404 g/mol. The van der Waals surface area contributed by atoms with Gasteiger partial charge in [0.05, 0.1) is 27.4 Å². The van der Waals surface area contributed by atoms with E-state index in [9.17, 15) is 9.59 Å². The van der Waals surface area contributed by atoms with Gasteiger partial charge in [-0.15, -0.1) is 0 Å². The molecule has 0 bridgehead atoms. The molecule has 0 aromatic heterocycles. The number of carbonyl (C=O) groups excluding carboxylic acids is 2. The van der Waals surface area contributed by atoms with Crippen LogP contribution >= 0.6 is 0 Å². The topological polar surface area (TPSA) is 71.1 Å². The van der Waals surface area contributed by atoms with E-state index in [2.05, 4.69) is 6.58 Å². The third-order valence-electron chi connectivity index (χ3n) is 4.18. The minimum atomic E-state index is -0.362. The van der Waals surface area contributed by atoms with Crippen molar-refractivity contribution in [1.29, 1.82) is 0 Å². The Bertz CT molecular complexity index is 693. The highest BCUT2D eigenvalue weighted by atomic mass is 16.5. The summed E-state index contributed by atoms with van der Waals surface area (Å²) in [5.74, 6) is 0.559. The molecule has 0 aliphatic rings. The lowest BCUT2D eigenvalue weighted by atomic mass is 10.1. The fraction of sp³-hybridized carbons (Fsp3) is 0.478. The van der Waals surface area contributed by atoms with Gasteiger partial charge in [-0.05, 0) is 43.5 Å². The smallest absolute Gasteiger partial charge is 0.333 e. The number of rotatable bonds is 14. The molecule has 0 aliphatic heterocycles. The van der Waals surface area contributed by atoms with Crippen molar-refractivity contribution in [2.24, 2.45) is 0 Å². The number of hydrogen-bond acceptors (Lipinski definition) is 6. The van der Waals surface area contributed by atoms with Crippen LogP contribution in [-0.2, 0) is 19.1 Å². The van der Waals surface area contributed by atoms with Crippen molar-refractivity contribution in [2.45, 2.75) is 45.4 Å². The maximum absolute atomic E-state index is 11.8. The normalized spacial score (nSPS) is 10.6. The van der Waals surface area contributed by atoms with Gasteiger partial charge in [-0.2, -0.15) is 0 Å². The van der Waals surface area contributed by atoms with Crippen LogP contribution in [0.2, 0.25) is 0 Å². The van der Waals surface area contributed by atoms with E-state index >= 15 is 0 Å². The minimum absolute atomic E-state index is 0.327. The van der Waals surface area contributed by atoms with Crippen LogP contribution < -0.4 is 9.47 Å². The van der Waals surface area contributed by atoms with Crippen molar-refractivity contribution < 1.29 is 28.5 Å². The maximum Gasteiger partial charge on any atom is 0.333 e. The molecule has 0 saturated carbocycles. The fourth-order valence-electron chi connectivity index (χ4n) is 2.54. The molecule has 0 amide bonds. The van der Waals surface area contributed by atoms with Crippen molar-refractivity contribution in [3.63, 3.8) is 0 Å². The molecule has 0 saturated heterocycles. The van der Waals surface area contributed by atoms with Crippen LogP contribution in [0.25, 0.3) is 6.08 Å². The summed E-state index contributed by atoms with van der Waals surface area (Å²) in [6, 6.07) is 5.42. The van der Waals surface area contributed by atoms with Crippen molar-refractivity contribution >= 4 is 18.0 Å². The van der Waals surface area contributed by atoms with Crippen LogP contribution in [0, 0.1) is 0 Å². The van der Waals surface area contributed by atoms with E-state index in [1.165, 1.54) is 6.08 Å². The number of esters is 2. The third kappa shape index (κ3) is 10.4. The van der Waals surface area contributed by atoms with Crippen molar-refractivity contribution in [3.8, 4) is 11.5 Å². The molecular formula is C23H32O6. The molecule has 0 heterocycles. The van der Waals surface area contributed by atoms with Gasteiger partial charge in [0.15, 0.2) is 11.5 Å². The first-order valence-corrected chi connectivity index (χ1v) is 9.87. The van der Waals surface area contributed by atoms with Crippen molar-refractivity contribution in [3.05, 3.63) is 42.0 Å². The molecule has 1 rings (SSSR count). The molecule has 0 atom stereocenters. The van der Waals surface area contributed by atoms with Crippen LogP contribution in [0.1, 0.15) is 51.0 Å². The molecule has 160 valence electrons. The van der Waals surface area contributed by atoms with Crippen LogP contribution in [0.5, 0.6) is 11.5 Å². The van der Waals surface area contributed by atoms with E-state index in [1.807, 2.05) is 6.07 Å². The van der Waals surface area contributed by atoms with Crippen molar-refractivity contribution in [1.82, 2.24) is 0 Å². The Morgan fingerprint density at radius 3 is 2.07 bits per heavy atom. The summed E-state index contributed by atoms with van der Waals surface area (Å²) in [6.07, 6.45) is 8.93. The van der Waals surface area contributed by atoms with Gasteiger partial charge in [-0.3, -0.25) is 0 Å². The largest absolute Gasteiger partial charge is 0.493 e. The Kier molecular flexibility index (Phi) is 11.9. The number of methoxy groups -OCH3 is 2. The molecule has 29 heavy (non-hydrogen) atoms. The van der Waals surface area contributed by atoms with E-state index in [0.29, 0.717) is 30.3 Å². The molecule has 0 fully saturated rings. The standard InChI is InChI=1S/C23H32O6/c1-18(2)23(25)29-16-10-8-6-5-7-9-15-28-22(24)14-12-19-11-13-20(26-3)21(17-19)27-4/h11-14,17H,1,5-10,15-16H2,2-4H3/b14-12+. The molecular weight excluding hydrogens is 372 g/mol.